The van der Waals surface area contributed by atoms with E-state index in [4.69, 9.17) is 23.8 Å². The van der Waals surface area contributed by atoms with Crippen LogP contribution >= 0.6 is 35.2 Å². The molecule has 1 saturated heterocycles. The average molecular weight is 476 g/mol. The van der Waals surface area contributed by atoms with Gasteiger partial charge in [0.15, 0.2) is 13.8 Å². The molecule has 1 aliphatic heterocycles. The molecule has 0 aliphatic carbocycles. The second kappa shape index (κ2) is 9.09. The van der Waals surface area contributed by atoms with Crippen molar-refractivity contribution >= 4 is 61.7 Å². The van der Waals surface area contributed by atoms with Gasteiger partial charge in [-0.2, -0.15) is 0 Å². The number of hydrogen-bond acceptors (Lipinski definition) is 8. The number of sulfone groups is 1. The van der Waals surface area contributed by atoms with Crippen LogP contribution in [0.4, 0.5) is 10.8 Å². The lowest BCUT2D eigenvalue weighted by Gasteiger charge is -2.17. The predicted molar refractivity (Wildman–Crippen MR) is 118 cm³/mol. The molecule has 2 N–H and O–H groups in total. The van der Waals surface area contributed by atoms with Crippen LogP contribution in [0.25, 0.3) is 0 Å². The number of nitrogens with one attached hydrogen (secondary N) is 2. The number of halogens is 1. The summed E-state index contributed by atoms with van der Waals surface area (Å²) < 4.78 is 25.2. The molecule has 2 heterocycles. The molecule has 0 unspecified atom stereocenters. The quantitative estimate of drug-likeness (QED) is 0.594. The van der Waals surface area contributed by atoms with Crippen LogP contribution in [0.2, 0.25) is 5.02 Å². The minimum Gasteiger partial charge on any atom is -0.351 e. The molecule has 1 fully saturated rings. The maximum Gasteiger partial charge on any atom is 0.234 e. The van der Waals surface area contributed by atoms with E-state index in [9.17, 15) is 13.2 Å². The van der Waals surface area contributed by atoms with Gasteiger partial charge in [-0.05, 0) is 50.3 Å². The van der Waals surface area contributed by atoms with Crippen molar-refractivity contribution in [3.63, 3.8) is 0 Å². The molecule has 1 aliphatic rings. The number of likely N-dealkylation sites (N-methyl/N-ethyl adjacent to an activating group) is 1. The van der Waals surface area contributed by atoms with E-state index in [0.717, 1.165) is 11.3 Å². The summed E-state index contributed by atoms with van der Waals surface area (Å²) in [5.41, 5.74) is 1.81. The summed E-state index contributed by atoms with van der Waals surface area (Å²) in [6.07, 6.45) is 0.465. The van der Waals surface area contributed by atoms with Crippen LogP contribution < -0.4 is 10.6 Å². The summed E-state index contributed by atoms with van der Waals surface area (Å²) in [5.74, 6) is -0.0782. The SMILES string of the molecule is Cc1ccc(Nc2nn(CN(C)CC(=O)N[C@H]3CCS(=O)(=O)C3)c(=S)s2)cc1Cl. The summed E-state index contributed by atoms with van der Waals surface area (Å²) >= 11 is 12.8. The lowest BCUT2D eigenvalue weighted by molar-refractivity contribution is -0.122. The minimum absolute atomic E-state index is 0.0116. The number of hydrogen-bond donors (Lipinski definition) is 2. The Morgan fingerprint density at radius 1 is 1.48 bits per heavy atom. The third-order valence-corrected chi connectivity index (χ3v) is 7.81. The Kier molecular flexibility index (Phi) is 6.94. The predicted octanol–water partition coefficient (Wildman–Crippen LogP) is 2.57. The Morgan fingerprint density at radius 2 is 2.24 bits per heavy atom. The first kappa shape index (κ1) is 22.2. The van der Waals surface area contributed by atoms with E-state index in [1.54, 1.807) is 16.6 Å². The van der Waals surface area contributed by atoms with Gasteiger partial charge >= 0.3 is 0 Å². The van der Waals surface area contributed by atoms with Gasteiger partial charge in [-0.3, -0.25) is 9.69 Å². The van der Waals surface area contributed by atoms with E-state index < -0.39 is 9.84 Å². The van der Waals surface area contributed by atoms with Gasteiger partial charge in [0.1, 0.15) is 0 Å². The number of carbonyl (C=O) groups excluding carboxylic acids is 1. The fourth-order valence-electron chi connectivity index (χ4n) is 2.95. The first-order valence-electron chi connectivity index (χ1n) is 8.91. The number of benzene rings is 1. The summed E-state index contributed by atoms with van der Waals surface area (Å²) in [6, 6.07) is 5.35. The standard InChI is InChI=1S/C17H22ClN5O3S3/c1-11-3-4-12(7-14(11)18)20-16-21-23(17(27)28-16)10-22(2)8-15(24)19-13-5-6-29(25,26)9-13/h3-4,7,13H,5-6,8-10H2,1-2H3,(H,19,24)(H,20,21)/t13-/m0/s1. The molecule has 1 atom stereocenters. The highest BCUT2D eigenvalue weighted by Crippen LogP contribution is 2.25. The summed E-state index contributed by atoms with van der Waals surface area (Å²) in [6.45, 7) is 2.39. The summed E-state index contributed by atoms with van der Waals surface area (Å²) in [5, 5.41) is 11.7. The number of rotatable bonds is 7. The molecule has 3 rings (SSSR count). The Bertz CT molecular complexity index is 1070. The van der Waals surface area contributed by atoms with Crippen molar-refractivity contribution in [2.24, 2.45) is 0 Å². The van der Waals surface area contributed by atoms with Gasteiger partial charge in [0.2, 0.25) is 11.0 Å². The Labute approximate surface area is 183 Å². The zero-order chi connectivity index (χ0) is 21.2. The van der Waals surface area contributed by atoms with Crippen molar-refractivity contribution in [2.75, 3.05) is 30.4 Å². The number of aryl methyl sites for hydroxylation is 1. The molecular formula is C17H22ClN5O3S3. The largest absolute Gasteiger partial charge is 0.351 e. The van der Waals surface area contributed by atoms with Crippen molar-refractivity contribution in [1.82, 2.24) is 20.0 Å². The summed E-state index contributed by atoms with van der Waals surface area (Å²) in [7, 11) is -1.25. The monoisotopic (exact) mass is 475 g/mol. The van der Waals surface area contributed by atoms with Crippen LogP contribution in [0.5, 0.6) is 0 Å². The van der Waals surface area contributed by atoms with Crippen LogP contribution in [0.1, 0.15) is 12.0 Å². The third-order valence-electron chi connectivity index (χ3n) is 4.42. The van der Waals surface area contributed by atoms with Gasteiger partial charge in [-0.25, -0.2) is 13.1 Å². The van der Waals surface area contributed by atoms with Crippen LogP contribution in [0.3, 0.4) is 0 Å². The molecule has 8 nitrogen and oxygen atoms in total. The van der Waals surface area contributed by atoms with Gasteiger partial charge < -0.3 is 10.6 Å². The molecule has 1 aromatic heterocycles. The molecule has 2 aromatic rings. The van der Waals surface area contributed by atoms with Crippen LogP contribution in [0, 0.1) is 10.9 Å². The smallest absolute Gasteiger partial charge is 0.234 e. The van der Waals surface area contributed by atoms with E-state index in [1.165, 1.54) is 11.3 Å². The molecule has 0 radical (unpaired) electrons. The number of anilines is 2. The Hall–Kier alpha value is -1.53. The zero-order valence-electron chi connectivity index (χ0n) is 16.0. The second-order valence-corrected chi connectivity index (χ2v) is 11.3. The number of aromatic nitrogens is 2. The van der Waals surface area contributed by atoms with Crippen molar-refractivity contribution in [1.29, 1.82) is 0 Å². The van der Waals surface area contributed by atoms with Gasteiger partial charge in [-0.1, -0.05) is 29.0 Å². The van der Waals surface area contributed by atoms with Crippen LogP contribution in [-0.2, 0) is 21.3 Å². The fourth-order valence-corrected chi connectivity index (χ4v) is 5.81. The van der Waals surface area contributed by atoms with Gasteiger partial charge in [0.25, 0.3) is 0 Å². The maximum absolute atomic E-state index is 12.2. The second-order valence-electron chi connectivity index (χ2n) is 7.08. The topological polar surface area (TPSA) is 96.3 Å². The minimum atomic E-state index is -3.02. The molecule has 1 amide bonds. The van der Waals surface area contributed by atoms with E-state index in [0.29, 0.717) is 27.2 Å². The molecular weight excluding hydrogens is 454 g/mol. The van der Waals surface area contributed by atoms with E-state index in [-0.39, 0.29) is 30.0 Å². The van der Waals surface area contributed by atoms with Crippen LogP contribution in [-0.4, -0.2) is 60.1 Å². The molecule has 0 spiro atoms. The molecule has 158 valence electrons. The first-order valence-corrected chi connectivity index (χ1v) is 12.3. The number of carbonyl (C=O) groups is 1. The fraction of sp³-hybridized carbons (Fsp3) is 0.471. The van der Waals surface area contributed by atoms with Crippen molar-refractivity contribution in [3.8, 4) is 0 Å². The van der Waals surface area contributed by atoms with Gasteiger partial charge in [0, 0.05) is 16.8 Å². The van der Waals surface area contributed by atoms with E-state index >= 15 is 0 Å². The highest BCUT2D eigenvalue weighted by atomic mass is 35.5. The molecule has 0 saturated carbocycles. The third kappa shape index (κ3) is 6.22. The molecule has 0 bridgehead atoms. The number of nitrogens with zero attached hydrogens (tertiary/aromatic N) is 3. The normalized spacial score (nSPS) is 18.1. The van der Waals surface area contributed by atoms with Crippen molar-refractivity contribution in [2.45, 2.75) is 26.1 Å². The highest BCUT2D eigenvalue weighted by molar-refractivity contribution is 7.91. The molecule has 29 heavy (non-hydrogen) atoms. The van der Waals surface area contributed by atoms with E-state index in [2.05, 4.69) is 15.7 Å². The lowest BCUT2D eigenvalue weighted by atomic mass is 10.2. The molecule has 12 heteroatoms. The number of amides is 1. The zero-order valence-corrected chi connectivity index (χ0v) is 19.2. The first-order chi connectivity index (χ1) is 13.6. The Balaban J connectivity index is 1.55. The average Bonchev–Trinajstić information content (AvgIpc) is 3.12. The van der Waals surface area contributed by atoms with Gasteiger partial charge in [-0.15, -0.1) is 5.10 Å². The Morgan fingerprint density at radius 3 is 2.90 bits per heavy atom. The highest BCUT2D eigenvalue weighted by Gasteiger charge is 2.29. The lowest BCUT2D eigenvalue weighted by Crippen LogP contribution is -2.42. The van der Waals surface area contributed by atoms with E-state index in [1.807, 2.05) is 25.1 Å². The van der Waals surface area contributed by atoms with Crippen molar-refractivity contribution in [3.05, 3.63) is 32.7 Å². The molecule has 1 aromatic carbocycles. The maximum atomic E-state index is 12.2. The van der Waals surface area contributed by atoms with Crippen LogP contribution in [0.15, 0.2) is 18.2 Å². The van der Waals surface area contributed by atoms with Crippen molar-refractivity contribution < 1.29 is 13.2 Å². The van der Waals surface area contributed by atoms with Gasteiger partial charge in [0.05, 0.1) is 24.7 Å². The summed E-state index contributed by atoms with van der Waals surface area (Å²) in [4.78, 5) is 13.9.